The van der Waals surface area contributed by atoms with Gasteiger partial charge in [0.2, 0.25) is 0 Å². The molecule has 13 heteroatoms. The maximum atomic E-state index is 11.3. The Morgan fingerprint density at radius 1 is 0.913 bits per heavy atom. The molecule has 2 bridgehead atoms. The van der Waals surface area contributed by atoms with Crippen molar-refractivity contribution in [2.75, 3.05) is 39.7 Å². The monoisotopic (exact) mass is 940 g/mol. The Kier molecular flexibility index (Phi) is 13.7. The van der Waals surface area contributed by atoms with Crippen LogP contribution in [0.25, 0.3) is 17.2 Å². The predicted molar refractivity (Wildman–Crippen MR) is 263 cm³/mol. The Bertz CT molecular complexity index is 2740. The number of phenolic OH excluding ortho intramolecular Hbond substituents is 2. The minimum Gasteiger partial charge on any atom is -0.508 e. The number of aliphatic hydroxyl groups is 3. The van der Waals surface area contributed by atoms with Gasteiger partial charge in [0.1, 0.15) is 41.1 Å². The van der Waals surface area contributed by atoms with Gasteiger partial charge in [-0.05, 0) is 133 Å². The Morgan fingerprint density at radius 3 is 2.57 bits per heavy atom. The fourth-order valence-electron chi connectivity index (χ4n) is 12.0. The third-order valence-corrected chi connectivity index (χ3v) is 15.1. The van der Waals surface area contributed by atoms with E-state index in [9.17, 15) is 25.5 Å². The molecule has 366 valence electrons. The lowest BCUT2D eigenvalue weighted by Gasteiger charge is -2.49. The number of nitrogens with one attached hydrogen (secondary N) is 3. The molecule has 1 fully saturated rings. The molecule has 4 aliphatic heterocycles. The van der Waals surface area contributed by atoms with Crippen molar-refractivity contribution in [2.45, 2.75) is 139 Å². The average molecular weight is 941 g/mol. The largest absolute Gasteiger partial charge is 0.508 e. The van der Waals surface area contributed by atoms with Crippen molar-refractivity contribution in [3.8, 4) is 51.7 Å². The number of benzene rings is 4. The third kappa shape index (κ3) is 9.70. The standard InChI is InChI=1S/C56H68N4O9/c1-33(2)26-55(3,65)30-57-31-59-50-10-6-9-40(28-61)67-49-24-36(12-18-48(49)64)54-56(50,66-32-60-38-7-4-5-8-38)27-46-45-23-37(22-34-11-17-47-35(21-34)19-20-58-47)44-25-39(63)13-15-42(44)51(45)53-43(52(46)69-54)16-14-41(29-62)68-53/h11-13,15,17-19,21,24-25,33,37-38,40-41,50,54,57,59-65H,4-5,7-9,14,16,20,22-23,26-32H2,1-3H3/t37-,40+,41-,50-,54+,55+,56-/m0/s1. The second kappa shape index (κ2) is 19.9. The van der Waals surface area contributed by atoms with Crippen molar-refractivity contribution < 1.29 is 44.5 Å². The summed E-state index contributed by atoms with van der Waals surface area (Å²) in [6.45, 7) is 7.15. The molecule has 13 nitrogen and oxygen atoms in total. The number of aromatic hydroxyl groups is 2. The summed E-state index contributed by atoms with van der Waals surface area (Å²) < 4.78 is 28.3. The molecule has 4 aromatic carbocycles. The number of hydrogen-bond acceptors (Lipinski definition) is 13. The predicted octanol–water partition coefficient (Wildman–Crippen LogP) is 5.12. The molecule has 8 N–H and O–H groups in total. The van der Waals surface area contributed by atoms with Crippen LogP contribution in [0.4, 0.5) is 0 Å². The topological polar surface area (TPSA) is 187 Å². The van der Waals surface area contributed by atoms with Gasteiger partial charge in [-0.15, -0.1) is 0 Å². The van der Waals surface area contributed by atoms with Gasteiger partial charge in [-0.1, -0.05) is 62.8 Å². The summed E-state index contributed by atoms with van der Waals surface area (Å²) in [4.78, 5) is 4.64. The molecule has 1 saturated carbocycles. The van der Waals surface area contributed by atoms with E-state index >= 15 is 0 Å². The van der Waals surface area contributed by atoms with E-state index in [1.54, 1.807) is 18.2 Å². The quantitative estimate of drug-likeness (QED) is 0.0448. The van der Waals surface area contributed by atoms with Crippen LogP contribution >= 0.6 is 0 Å². The van der Waals surface area contributed by atoms with Gasteiger partial charge < -0.3 is 49.8 Å². The van der Waals surface area contributed by atoms with E-state index in [2.05, 4.69) is 70.9 Å². The summed E-state index contributed by atoms with van der Waals surface area (Å²) in [5.74, 6) is 8.97. The second-order valence-electron chi connectivity index (χ2n) is 20.9. The summed E-state index contributed by atoms with van der Waals surface area (Å²) in [5.41, 5.74) is 5.64. The molecule has 2 aliphatic carbocycles. The molecule has 0 spiro atoms. The number of fused-ring (bicyclic) bond motifs is 13. The van der Waals surface area contributed by atoms with Crippen molar-refractivity contribution >= 4 is 6.08 Å². The molecule has 0 aromatic heterocycles. The number of hydrogen-bond donors (Lipinski definition) is 8. The van der Waals surface area contributed by atoms with Gasteiger partial charge in [-0.2, -0.15) is 0 Å². The second-order valence-corrected chi connectivity index (χ2v) is 20.9. The molecule has 0 saturated heterocycles. The fourth-order valence-corrected chi connectivity index (χ4v) is 12.0. The number of ether oxygens (including phenoxy) is 4. The molecule has 0 amide bonds. The maximum Gasteiger partial charge on any atom is 0.161 e. The highest BCUT2D eigenvalue weighted by atomic mass is 16.6. The van der Waals surface area contributed by atoms with Crippen molar-refractivity contribution in [3.05, 3.63) is 98.6 Å². The van der Waals surface area contributed by atoms with Crippen molar-refractivity contribution in [3.63, 3.8) is 0 Å². The number of aliphatic hydroxyl groups excluding tert-OH is 2. The molecule has 0 radical (unpaired) electrons. The molecule has 7 atom stereocenters. The van der Waals surface area contributed by atoms with E-state index in [4.69, 9.17) is 18.9 Å². The highest BCUT2D eigenvalue weighted by Crippen LogP contribution is 2.58. The van der Waals surface area contributed by atoms with E-state index in [1.165, 1.54) is 5.56 Å². The molecule has 10 rings (SSSR count). The molecular formula is C56H68N4O9. The van der Waals surface area contributed by atoms with E-state index in [0.29, 0.717) is 74.9 Å². The first-order chi connectivity index (χ1) is 33.4. The first-order valence-electron chi connectivity index (χ1n) is 25.2. The van der Waals surface area contributed by atoms with E-state index in [1.807, 2.05) is 25.1 Å². The zero-order valence-electron chi connectivity index (χ0n) is 40.2. The van der Waals surface area contributed by atoms with Gasteiger partial charge in [0.05, 0.1) is 37.4 Å². The first-order valence-corrected chi connectivity index (χ1v) is 25.2. The first kappa shape index (κ1) is 47.5. The van der Waals surface area contributed by atoms with Gasteiger partial charge in [0, 0.05) is 48.8 Å². The summed E-state index contributed by atoms with van der Waals surface area (Å²) in [5, 5.41) is 67.8. The van der Waals surface area contributed by atoms with Gasteiger partial charge >= 0.3 is 0 Å². The number of phenols is 2. The van der Waals surface area contributed by atoms with Crippen LogP contribution in [0.5, 0.6) is 28.7 Å². The highest BCUT2D eigenvalue weighted by molar-refractivity contribution is 5.85. The lowest BCUT2D eigenvalue weighted by molar-refractivity contribution is -0.143. The van der Waals surface area contributed by atoms with E-state index < -0.39 is 35.6 Å². The van der Waals surface area contributed by atoms with Crippen LogP contribution in [-0.2, 0) is 30.4 Å². The summed E-state index contributed by atoms with van der Waals surface area (Å²) in [6, 6.07) is 17.0. The zero-order valence-corrected chi connectivity index (χ0v) is 40.2. The molecule has 4 heterocycles. The molecule has 0 unspecified atom stereocenters. The van der Waals surface area contributed by atoms with Crippen molar-refractivity contribution in [1.29, 1.82) is 0 Å². The smallest absolute Gasteiger partial charge is 0.161 e. The normalized spacial score (nSPS) is 25.2. The lowest BCUT2D eigenvalue weighted by atomic mass is 9.69. The Labute approximate surface area is 405 Å². The Morgan fingerprint density at radius 2 is 1.75 bits per heavy atom. The Hall–Kier alpha value is -5.17. The van der Waals surface area contributed by atoms with E-state index in [0.717, 1.165) is 75.4 Å². The van der Waals surface area contributed by atoms with Crippen molar-refractivity contribution in [1.82, 2.24) is 16.0 Å². The molecule has 69 heavy (non-hydrogen) atoms. The number of rotatable bonds is 15. The van der Waals surface area contributed by atoms with Crippen LogP contribution in [0.3, 0.4) is 0 Å². The fraction of sp³-hybridized carbons (Fsp3) is 0.518. The third-order valence-electron chi connectivity index (χ3n) is 15.1. The lowest BCUT2D eigenvalue weighted by Crippen LogP contribution is -2.62. The summed E-state index contributed by atoms with van der Waals surface area (Å²) in [7, 11) is 0. The summed E-state index contributed by atoms with van der Waals surface area (Å²) >= 11 is 0. The zero-order chi connectivity index (χ0) is 47.9. The van der Waals surface area contributed by atoms with Gasteiger partial charge in [-0.3, -0.25) is 15.6 Å². The number of nitrogens with zero attached hydrogens (tertiary/aromatic N) is 1. The average Bonchev–Trinajstić information content (AvgIpc) is 4.04. The molecule has 4 aromatic rings. The minimum atomic E-state index is -1.23. The van der Waals surface area contributed by atoms with Crippen LogP contribution < -0.4 is 40.7 Å². The summed E-state index contributed by atoms with van der Waals surface area (Å²) in [6.07, 6.45) is 8.33. The van der Waals surface area contributed by atoms with Gasteiger partial charge in [-0.25, -0.2) is 0 Å². The van der Waals surface area contributed by atoms with E-state index in [-0.39, 0.29) is 56.2 Å². The van der Waals surface area contributed by atoms with Crippen LogP contribution in [-0.4, -0.2) is 101 Å². The Balaban J connectivity index is 1.16. The maximum absolute atomic E-state index is 11.3. The molecule has 6 aliphatic rings. The van der Waals surface area contributed by atoms with Crippen molar-refractivity contribution in [2.24, 2.45) is 10.9 Å². The van der Waals surface area contributed by atoms with Crippen LogP contribution in [0.15, 0.2) is 59.6 Å². The highest BCUT2D eigenvalue weighted by Gasteiger charge is 2.55. The molecular weight excluding hydrogens is 873 g/mol. The van der Waals surface area contributed by atoms with Crippen LogP contribution in [0, 0.1) is 17.8 Å². The SMILES string of the molecule is CC(C)C[C@@](C)(O)CNCN[C@H]1C#CC[C@H](CO)Oc2cc(ccc2O)[C@H]2Oc3c(c4c(c5c3CC[C@@H](CO)O5)-c3ccc(O)cc3[C@@H](Cc3ccc5c(c3)=CCN=5)C4)C[C@]12OCNC1CCCC1. The van der Waals surface area contributed by atoms with Gasteiger partial charge in [0.15, 0.2) is 17.6 Å². The van der Waals surface area contributed by atoms with Crippen LogP contribution in [0.1, 0.15) is 111 Å². The van der Waals surface area contributed by atoms with Gasteiger partial charge in [0.25, 0.3) is 0 Å². The van der Waals surface area contributed by atoms with Crippen LogP contribution in [0.2, 0.25) is 0 Å². The minimum absolute atomic E-state index is 0.0367.